The summed E-state index contributed by atoms with van der Waals surface area (Å²) in [7, 11) is 0. The molecule has 0 radical (unpaired) electrons. The number of benzene rings is 1. The van der Waals surface area contributed by atoms with E-state index in [2.05, 4.69) is 17.3 Å². The number of aryl methyl sites for hydroxylation is 1. The fourth-order valence-electron chi connectivity index (χ4n) is 3.45. The van der Waals surface area contributed by atoms with Gasteiger partial charge in [-0.3, -0.25) is 4.79 Å². The molecule has 1 saturated carbocycles. The van der Waals surface area contributed by atoms with Crippen LogP contribution in [0.15, 0.2) is 42.7 Å². The van der Waals surface area contributed by atoms with E-state index in [-0.39, 0.29) is 12.3 Å². The standard InChI is InChI=1S/C20H25N3O3/c1-15-9-11-20(12-10-15,19(25)26)22-18(24)8-7-16-13-21-23(14-16)17-5-3-2-4-6-17/h2-6,13-15H,7-12H2,1H3,(H,22,24)(H,25,26). The summed E-state index contributed by atoms with van der Waals surface area (Å²) in [5.41, 5.74) is 0.813. The number of hydrogen-bond acceptors (Lipinski definition) is 3. The largest absolute Gasteiger partial charge is 0.480 e. The van der Waals surface area contributed by atoms with Gasteiger partial charge in [-0.2, -0.15) is 5.10 Å². The summed E-state index contributed by atoms with van der Waals surface area (Å²) in [5.74, 6) is -0.618. The van der Waals surface area contributed by atoms with Crippen molar-refractivity contribution in [3.8, 4) is 5.69 Å². The second kappa shape index (κ2) is 7.72. The third-order valence-electron chi connectivity index (χ3n) is 5.21. The Hall–Kier alpha value is -2.63. The van der Waals surface area contributed by atoms with Gasteiger partial charge in [0.15, 0.2) is 0 Å². The first-order chi connectivity index (χ1) is 12.5. The van der Waals surface area contributed by atoms with Gasteiger partial charge < -0.3 is 10.4 Å². The number of amides is 1. The number of carboxylic acids is 1. The molecule has 0 atom stereocenters. The van der Waals surface area contributed by atoms with Crippen LogP contribution in [0, 0.1) is 5.92 Å². The van der Waals surface area contributed by atoms with Gasteiger partial charge in [0.2, 0.25) is 5.91 Å². The summed E-state index contributed by atoms with van der Waals surface area (Å²) in [6.45, 7) is 2.12. The zero-order valence-electron chi connectivity index (χ0n) is 15.0. The lowest BCUT2D eigenvalue weighted by atomic mass is 9.77. The Balaban J connectivity index is 1.57. The predicted octanol–water partition coefficient (Wildman–Crippen LogP) is 2.95. The lowest BCUT2D eigenvalue weighted by Crippen LogP contribution is -2.56. The number of nitrogens with one attached hydrogen (secondary N) is 1. The van der Waals surface area contributed by atoms with Gasteiger partial charge in [-0.1, -0.05) is 25.1 Å². The molecule has 0 aliphatic heterocycles. The zero-order chi connectivity index (χ0) is 18.6. The third kappa shape index (κ3) is 4.12. The monoisotopic (exact) mass is 355 g/mol. The van der Waals surface area contributed by atoms with Gasteiger partial charge >= 0.3 is 5.97 Å². The van der Waals surface area contributed by atoms with Gasteiger partial charge in [0, 0.05) is 12.6 Å². The lowest BCUT2D eigenvalue weighted by Gasteiger charge is -2.36. The summed E-state index contributed by atoms with van der Waals surface area (Å²) in [6, 6.07) is 9.76. The SMILES string of the molecule is CC1CCC(NC(=O)CCc2cnn(-c3ccccc3)c2)(C(=O)O)CC1. The molecule has 1 aliphatic rings. The summed E-state index contributed by atoms with van der Waals surface area (Å²) in [4.78, 5) is 24.1. The molecular weight excluding hydrogens is 330 g/mol. The van der Waals surface area contributed by atoms with Crippen molar-refractivity contribution in [1.82, 2.24) is 15.1 Å². The molecule has 0 spiro atoms. The fourth-order valence-corrected chi connectivity index (χ4v) is 3.45. The van der Waals surface area contributed by atoms with Gasteiger partial charge in [-0.15, -0.1) is 0 Å². The van der Waals surface area contributed by atoms with Crippen molar-refractivity contribution in [1.29, 1.82) is 0 Å². The van der Waals surface area contributed by atoms with Gasteiger partial charge in [0.25, 0.3) is 0 Å². The Labute approximate surface area is 153 Å². The van der Waals surface area contributed by atoms with Crippen LogP contribution in [0.25, 0.3) is 5.69 Å². The molecule has 1 aliphatic carbocycles. The highest BCUT2D eigenvalue weighted by Crippen LogP contribution is 2.32. The van der Waals surface area contributed by atoms with Crippen LogP contribution in [0.4, 0.5) is 0 Å². The maximum Gasteiger partial charge on any atom is 0.329 e. The molecule has 1 amide bonds. The number of carboxylic acid groups (broad SMARTS) is 1. The summed E-state index contributed by atoms with van der Waals surface area (Å²) >= 11 is 0. The quantitative estimate of drug-likeness (QED) is 0.834. The van der Waals surface area contributed by atoms with Crippen molar-refractivity contribution >= 4 is 11.9 Å². The minimum absolute atomic E-state index is 0.214. The molecule has 1 heterocycles. The summed E-state index contributed by atoms with van der Waals surface area (Å²) in [5, 5.41) is 16.7. The van der Waals surface area contributed by atoms with E-state index in [1.165, 1.54) is 0 Å². The normalized spacial score (nSPS) is 22.7. The topological polar surface area (TPSA) is 84.2 Å². The van der Waals surface area contributed by atoms with Crippen LogP contribution in [0.2, 0.25) is 0 Å². The van der Waals surface area contributed by atoms with E-state index < -0.39 is 11.5 Å². The van der Waals surface area contributed by atoms with E-state index in [1.807, 2.05) is 36.5 Å². The second-order valence-electron chi connectivity index (χ2n) is 7.25. The van der Waals surface area contributed by atoms with Crippen molar-refractivity contribution in [3.63, 3.8) is 0 Å². The van der Waals surface area contributed by atoms with Crippen molar-refractivity contribution in [2.24, 2.45) is 5.92 Å². The van der Waals surface area contributed by atoms with Gasteiger partial charge in [-0.05, 0) is 55.7 Å². The number of aromatic nitrogens is 2. The van der Waals surface area contributed by atoms with E-state index in [0.29, 0.717) is 25.2 Å². The van der Waals surface area contributed by atoms with E-state index in [9.17, 15) is 14.7 Å². The maximum absolute atomic E-state index is 12.4. The maximum atomic E-state index is 12.4. The number of nitrogens with zero attached hydrogens (tertiary/aromatic N) is 2. The molecule has 1 aromatic heterocycles. The number of carbonyl (C=O) groups is 2. The molecule has 6 heteroatoms. The molecule has 138 valence electrons. The average Bonchev–Trinajstić information content (AvgIpc) is 3.12. The number of rotatable bonds is 6. The van der Waals surface area contributed by atoms with E-state index >= 15 is 0 Å². The Bertz CT molecular complexity index is 762. The van der Waals surface area contributed by atoms with Crippen LogP contribution in [0.5, 0.6) is 0 Å². The van der Waals surface area contributed by atoms with E-state index in [4.69, 9.17) is 0 Å². The first-order valence-electron chi connectivity index (χ1n) is 9.12. The molecule has 0 saturated heterocycles. The molecule has 1 aromatic carbocycles. The predicted molar refractivity (Wildman–Crippen MR) is 98.0 cm³/mol. The fraction of sp³-hybridized carbons (Fsp3) is 0.450. The summed E-state index contributed by atoms with van der Waals surface area (Å²) in [6.07, 6.45) is 7.10. The zero-order valence-corrected chi connectivity index (χ0v) is 15.0. The molecular formula is C20H25N3O3. The number of para-hydroxylation sites is 1. The molecule has 3 rings (SSSR count). The minimum Gasteiger partial charge on any atom is -0.480 e. The highest BCUT2D eigenvalue weighted by molar-refractivity contribution is 5.87. The molecule has 0 bridgehead atoms. The Morgan fingerprint density at radius 1 is 1.27 bits per heavy atom. The summed E-state index contributed by atoms with van der Waals surface area (Å²) < 4.78 is 1.77. The van der Waals surface area contributed by atoms with E-state index in [0.717, 1.165) is 24.1 Å². The van der Waals surface area contributed by atoms with Gasteiger partial charge in [0.1, 0.15) is 5.54 Å². The molecule has 2 N–H and O–H groups in total. The molecule has 1 fully saturated rings. The van der Waals surface area contributed by atoms with E-state index in [1.54, 1.807) is 10.9 Å². The molecule has 2 aromatic rings. The van der Waals surface area contributed by atoms with Crippen molar-refractivity contribution < 1.29 is 14.7 Å². The lowest BCUT2D eigenvalue weighted by molar-refractivity contribution is -0.149. The van der Waals surface area contributed by atoms with Crippen molar-refractivity contribution in [2.45, 2.75) is 51.0 Å². The average molecular weight is 355 g/mol. The van der Waals surface area contributed by atoms with Gasteiger partial charge in [-0.25, -0.2) is 9.48 Å². The first kappa shape index (κ1) is 18.2. The minimum atomic E-state index is -1.10. The van der Waals surface area contributed by atoms with Crippen LogP contribution >= 0.6 is 0 Å². The highest BCUT2D eigenvalue weighted by Gasteiger charge is 2.42. The third-order valence-corrected chi connectivity index (χ3v) is 5.21. The number of aliphatic carboxylic acids is 1. The van der Waals surface area contributed by atoms with Crippen LogP contribution in [0.1, 0.15) is 44.6 Å². The van der Waals surface area contributed by atoms with Crippen molar-refractivity contribution in [3.05, 3.63) is 48.3 Å². The molecule has 0 unspecified atom stereocenters. The number of hydrogen-bond donors (Lipinski definition) is 2. The smallest absolute Gasteiger partial charge is 0.329 e. The number of carbonyl (C=O) groups excluding carboxylic acids is 1. The van der Waals surface area contributed by atoms with Crippen LogP contribution in [-0.4, -0.2) is 32.3 Å². The van der Waals surface area contributed by atoms with Gasteiger partial charge in [0.05, 0.1) is 11.9 Å². The van der Waals surface area contributed by atoms with Crippen molar-refractivity contribution in [2.75, 3.05) is 0 Å². The van der Waals surface area contributed by atoms with Crippen LogP contribution < -0.4 is 5.32 Å². The van der Waals surface area contributed by atoms with Crippen LogP contribution in [0.3, 0.4) is 0 Å². The Morgan fingerprint density at radius 2 is 1.96 bits per heavy atom. The Kier molecular flexibility index (Phi) is 5.40. The molecule has 26 heavy (non-hydrogen) atoms. The second-order valence-corrected chi connectivity index (χ2v) is 7.25. The molecule has 6 nitrogen and oxygen atoms in total. The Morgan fingerprint density at radius 3 is 2.62 bits per heavy atom. The highest BCUT2D eigenvalue weighted by atomic mass is 16.4. The first-order valence-corrected chi connectivity index (χ1v) is 9.12. The van der Waals surface area contributed by atoms with Crippen LogP contribution in [-0.2, 0) is 16.0 Å².